The molecule has 0 saturated carbocycles. The highest BCUT2D eigenvalue weighted by atomic mass is 32.2. The molecule has 3 aromatic rings. The van der Waals surface area contributed by atoms with Crippen LogP contribution in [0, 0.1) is 13.8 Å². The summed E-state index contributed by atoms with van der Waals surface area (Å²) in [5, 5.41) is 13.9. The van der Waals surface area contributed by atoms with Crippen molar-refractivity contribution in [3.8, 4) is 5.75 Å². The van der Waals surface area contributed by atoms with Crippen LogP contribution in [0.25, 0.3) is 0 Å². The van der Waals surface area contributed by atoms with Crippen LogP contribution in [0.3, 0.4) is 0 Å². The lowest BCUT2D eigenvalue weighted by molar-refractivity contribution is 0.182. The number of phenols is 1. The fourth-order valence-corrected chi connectivity index (χ4v) is 5.65. The molecule has 1 heterocycles. The topological polar surface area (TPSA) is 61.8 Å². The molecule has 2 N–H and O–H groups in total. The Morgan fingerprint density at radius 2 is 1.78 bits per heavy atom. The second-order valence-electron chi connectivity index (χ2n) is 8.13. The number of nitrogens with one attached hydrogen (secondary N) is 1. The minimum atomic E-state index is -1.17. The van der Waals surface area contributed by atoms with Crippen molar-refractivity contribution in [2.45, 2.75) is 43.2 Å². The maximum atomic E-state index is 13.2. The number of hydrogen-bond acceptors (Lipinski definition) is 5. The number of ether oxygens (including phenoxy) is 1. The van der Waals surface area contributed by atoms with Gasteiger partial charge in [-0.25, -0.2) is 4.21 Å². The summed E-state index contributed by atoms with van der Waals surface area (Å²) in [6.07, 6.45) is 0.909. The summed E-state index contributed by atoms with van der Waals surface area (Å²) in [5.41, 5.74) is 6.15. The van der Waals surface area contributed by atoms with Crippen LogP contribution in [0.5, 0.6) is 5.75 Å². The molecule has 1 aliphatic rings. The second-order valence-corrected chi connectivity index (χ2v) is 9.55. The average molecular weight is 451 g/mol. The summed E-state index contributed by atoms with van der Waals surface area (Å²) in [4.78, 5) is 4.07. The molecule has 0 bridgehead atoms. The molecule has 1 atom stereocenters. The Morgan fingerprint density at radius 1 is 1.00 bits per heavy atom. The minimum absolute atomic E-state index is 0.300. The molecule has 0 fully saturated rings. The van der Waals surface area contributed by atoms with Crippen LogP contribution in [-0.4, -0.2) is 29.5 Å². The van der Waals surface area contributed by atoms with Gasteiger partial charge in [-0.3, -0.25) is 0 Å². The van der Waals surface area contributed by atoms with E-state index < -0.39 is 10.8 Å². The van der Waals surface area contributed by atoms with Gasteiger partial charge in [-0.2, -0.15) is 0 Å². The van der Waals surface area contributed by atoms with Gasteiger partial charge in [0.05, 0.1) is 38.6 Å². The Morgan fingerprint density at radius 3 is 2.59 bits per heavy atom. The molecular weight excluding hydrogens is 420 g/mol. The van der Waals surface area contributed by atoms with Crippen LogP contribution in [0.2, 0.25) is 0 Å². The molecule has 1 aliphatic heterocycles. The van der Waals surface area contributed by atoms with Crippen LogP contribution < -0.4 is 10.2 Å². The number of aromatic hydroxyl groups is 1. The minimum Gasteiger partial charge on any atom is -0.507 e. The molecule has 1 unspecified atom stereocenters. The van der Waals surface area contributed by atoms with Crippen LogP contribution in [0.15, 0.2) is 64.4 Å². The summed E-state index contributed by atoms with van der Waals surface area (Å²) in [7, 11) is 0.460. The summed E-state index contributed by atoms with van der Waals surface area (Å²) in [5.74, 6) is 0.300. The van der Waals surface area contributed by atoms with E-state index in [9.17, 15) is 9.32 Å². The number of aryl methyl sites for hydroxylation is 1. The van der Waals surface area contributed by atoms with Crippen molar-refractivity contribution < 1.29 is 14.1 Å². The van der Waals surface area contributed by atoms with Crippen LogP contribution in [0.4, 0.5) is 11.4 Å². The van der Waals surface area contributed by atoms with Gasteiger partial charge in [-0.1, -0.05) is 36.4 Å². The largest absolute Gasteiger partial charge is 0.507 e. The van der Waals surface area contributed by atoms with Crippen molar-refractivity contribution in [3.63, 3.8) is 0 Å². The number of nitrogens with zero attached hydrogens (tertiary/aromatic N) is 1. The zero-order valence-electron chi connectivity index (χ0n) is 18.9. The fraction of sp³-hybridized carbons (Fsp3) is 0.308. The Hall–Kier alpha value is -2.67. The lowest BCUT2D eigenvalue weighted by atomic mass is 10.1. The van der Waals surface area contributed by atoms with E-state index in [0.717, 1.165) is 51.8 Å². The molecule has 0 aromatic heterocycles. The molecule has 0 aliphatic carbocycles. The number of para-hydroxylation sites is 2. The number of benzene rings is 3. The first-order chi connectivity index (χ1) is 15.5. The number of anilines is 2. The Kier molecular flexibility index (Phi) is 6.94. The molecule has 32 heavy (non-hydrogen) atoms. The zero-order valence-corrected chi connectivity index (χ0v) is 19.7. The van der Waals surface area contributed by atoms with E-state index in [1.54, 1.807) is 7.11 Å². The Balaban J connectivity index is 1.47. The summed E-state index contributed by atoms with van der Waals surface area (Å²) < 4.78 is 18.3. The van der Waals surface area contributed by atoms with Gasteiger partial charge in [0.25, 0.3) is 0 Å². The normalized spacial score (nSPS) is 14.8. The van der Waals surface area contributed by atoms with Crippen molar-refractivity contribution in [1.82, 2.24) is 5.32 Å². The van der Waals surface area contributed by atoms with Gasteiger partial charge < -0.3 is 20.1 Å². The molecule has 0 spiro atoms. The molecule has 6 heteroatoms. The van der Waals surface area contributed by atoms with Gasteiger partial charge in [-0.15, -0.1) is 0 Å². The third-order valence-corrected chi connectivity index (χ3v) is 7.52. The molecule has 3 aromatic carbocycles. The zero-order chi connectivity index (χ0) is 22.7. The smallest absolute Gasteiger partial charge is 0.125 e. The molecule has 0 amide bonds. The van der Waals surface area contributed by atoms with E-state index in [0.29, 0.717) is 18.9 Å². The van der Waals surface area contributed by atoms with E-state index in [1.807, 2.05) is 42.5 Å². The lowest BCUT2D eigenvalue weighted by Crippen LogP contribution is -2.28. The van der Waals surface area contributed by atoms with Crippen molar-refractivity contribution >= 4 is 22.2 Å². The number of methoxy groups -OCH3 is 1. The number of hydrogen-bond donors (Lipinski definition) is 2. The number of fused-ring (bicyclic) bond motifs is 2. The predicted octanol–water partition coefficient (Wildman–Crippen LogP) is 4.95. The standard InChI is InChI=1S/C26H30N2O3S/c1-18-12-13-24-25(19(18)2)28(22-10-4-5-11-23(22)32(24)30)15-7-14-27-16-20-8-6-9-21(17-31-3)26(20)29/h4-6,8-13,27,29H,7,14-17H2,1-3H3. The molecule has 168 valence electrons. The number of phenolic OH excluding ortho intramolecular Hbond substituents is 1. The molecule has 4 rings (SSSR count). The summed E-state index contributed by atoms with van der Waals surface area (Å²) in [6.45, 7) is 6.82. The third-order valence-electron chi connectivity index (χ3n) is 6.04. The highest BCUT2D eigenvalue weighted by Crippen LogP contribution is 2.44. The quantitative estimate of drug-likeness (QED) is 0.475. The monoisotopic (exact) mass is 450 g/mol. The van der Waals surface area contributed by atoms with Gasteiger partial charge >= 0.3 is 0 Å². The molecule has 0 saturated heterocycles. The highest BCUT2D eigenvalue weighted by Gasteiger charge is 2.29. The fourth-order valence-electron chi connectivity index (χ4n) is 4.21. The lowest BCUT2D eigenvalue weighted by Gasteiger charge is -2.34. The van der Waals surface area contributed by atoms with Crippen molar-refractivity contribution in [2.24, 2.45) is 0 Å². The maximum absolute atomic E-state index is 13.2. The van der Waals surface area contributed by atoms with E-state index in [-0.39, 0.29) is 0 Å². The molecular formula is C26H30N2O3S. The van der Waals surface area contributed by atoms with Crippen LogP contribution in [0.1, 0.15) is 28.7 Å². The third kappa shape index (κ3) is 4.31. The first-order valence-electron chi connectivity index (χ1n) is 10.9. The van der Waals surface area contributed by atoms with Gasteiger partial charge in [-0.05, 0) is 56.1 Å². The van der Waals surface area contributed by atoms with Crippen molar-refractivity contribution in [1.29, 1.82) is 0 Å². The van der Waals surface area contributed by atoms with Crippen molar-refractivity contribution in [3.05, 3.63) is 76.9 Å². The predicted molar refractivity (Wildman–Crippen MR) is 129 cm³/mol. The maximum Gasteiger partial charge on any atom is 0.125 e. The van der Waals surface area contributed by atoms with Gasteiger partial charge in [0.15, 0.2) is 0 Å². The second kappa shape index (κ2) is 9.86. The van der Waals surface area contributed by atoms with E-state index in [2.05, 4.69) is 36.2 Å². The summed E-state index contributed by atoms with van der Waals surface area (Å²) in [6, 6.07) is 17.8. The van der Waals surface area contributed by atoms with E-state index in [1.165, 1.54) is 11.1 Å². The molecule has 5 nitrogen and oxygen atoms in total. The first-order valence-corrected chi connectivity index (χ1v) is 12.1. The van der Waals surface area contributed by atoms with Gasteiger partial charge in [0, 0.05) is 31.3 Å². The Bertz CT molecular complexity index is 1150. The SMILES string of the molecule is COCc1cccc(CNCCCN2c3ccccc3S(=O)c3ccc(C)c(C)c32)c1O. The number of rotatable bonds is 8. The highest BCUT2D eigenvalue weighted by molar-refractivity contribution is 7.85. The first kappa shape index (κ1) is 22.5. The summed E-state index contributed by atoms with van der Waals surface area (Å²) >= 11 is 0. The van der Waals surface area contributed by atoms with Crippen molar-refractivity contribution in [2.75, 3.05) is 25.1 Å². The van der Waals surface area contributed by atoms with Gasteiger partial charge in [0.2, 0.25) is 0 Å². The Labute approximate surface area is 192 Å². The molecule has 0 radical (unpaired) electrons. The van der Waals surface area contributed by atoms with Gasteiger partial charge in [0.1, 0.15) is 5.75 Å². The van der Waals surface area contributed by atoms with E-state index in [4.69, 9.17) is 4.74 Å². The van der Waals surface area contributed by atoms with Crippen LogP contribution >= 0.6 is 0 Å². The van der Waals surface area contributed by atoms with E-state index >= 15 is 0 Å². The average Bonchev–Trinajstić information content (AvgIpc) is 2.80. The van der Waals surface area contributed by atoms with Crippen LogP contribution in [-0.2, 0) is 28.7 Å².